The lowest BCUT2D eigenvalue weighted by Crippen LogP contribution is -2.37. The van der Waals surface area contributed by atoms with Gasteiger partial charge in [0.2, 0.25) is 0 Å². The Kier molecular flexibility index (Phi) is 3.79. The minimum absolute atomic E-state index is 0.107. The van der Waals surface area contributed by atoms with Crippen LogP contribution in [-0.2, 0) is 0 Å². The largest absolute Gasteiger partial charge is 0.367 e. The number of carbonyl (C=O) groups is 1. The SMILES string of the molecule is O=C(N[C@@H]1CCN(c2ccc(F)cc2F)C1)c1ccc2n[nH]nc2c1. The summed E-state index contributed by atoms with van der Waals surface area (Å²) in [5.74, 6) is -1.41. The Morgan fingerprint density at radius 1 is 1.16 bits per heavy atom. The van der Waals surface area contributed by atoms with Crippen molar-refractivity contribution >= 4 is 22.6 Å². The van der Waals surface area contributed by atoms with Gasteiger partial charge in [-0.25, -0.2) is 8.78 Å². The fraction of sp³-hybridized carbons (Fsp3) is 0.235. The molecule has 1 aliphatic rings. The average molecular weight is 343 g/mol. The Hall–Kier alpha value is -3.03. The molecule has 2 N–H and O–H groups in total. The topological polar surface area (TPSA) is 73.9 Å². The molecular formula is C17H15F2N5O. The number of hydrogen-bond donors (Lipinski definition) is 2. The lowest BCUT2D eigenvalue weighted by atomic mass is 10.1. The summed E-state index contributed by atoms with van der Waals surface area (Å²) in [5, 5.41) is 13.4. The normalized spacial score (nSPS) is 17.2. The van der Waals surface area contributed by atoms with E-state index in [2.05, 4.69) is 20.7 Å². The molecule has 0 aliphatic carbocycles. The maximum absolute atomic E-state index is 13.9. The van der Waals surface area contributed by atoms with Gasteiger partial charge in [-0.15, -0.1) is 0 Å². The van der Waals surface area contributed by atoms with Crippen LogP contribution in [0.1, 0.15) is 16.8 Å². The minimum Gasteiger partial charge on any atom is -0.367 e. The Morgan fingerprint density at radius 3 is 2.84 bits per heavy atom. The second-order valence-corrected chi connectivity index (χ2v) is 6.03. The van der Waals surface area contributed by atoms with E-state index in [1.54, 1.807) is 23.1 Å². The van der Waals surface area contributed by atoms with Gasteiger partial charge in [-0.05, 0) is 36.8 Å². The monoisotopic (exact) mass is 343 g/mol. The number of aromatic amines is 1. The van der Waals surface area contributed by atoms with E-state index in [1.807, 2.05) is 0 Å². The van der Waals surface area contributed by atoms with Gasteiger partial charge in [-0.2, -0.15) is 15.4 Å². The van der Waals surface area contributed by atoms with Crippen molar-refractivity contribution < 1.29 is 13.6 Å². The number of rotatable bonds is 3. The molecule has 2 aromatic carbocycles. The van der Waals surface area contributed by atoms with E-state index in [0.717, 1.165) is 6.07 Å². The number of nitrogens with zero attached hydrogens (tertiary/aromatic N) is 3. The molecule has 8 heteroatoms. The summed E-state index contributed by atoms with van der Waals surface area (Å²) in [6.45, 7) is 1.07. The zero-order valence-corrected chi connectivity index (χ0v) is 13.2. The zero-order chi connectivity index (χ0) is 17.4. The maximum atomic E-state index is 13.9. The highest BCUT2D eigenvalue weighted by molar-refractivity contribution is 5.97. The first-order chi connectivity index (χ1) is 12.1. The molecule has 1 aliphatic heterocycles. The Morgan fingerprint density at radius 2 is 2.00 bits per heavy atom. The molecule has 0 saturated carbocycles. The van der Waals surface area contributed by atoms with Gasteiger partial charge in [0.1, 0.15) is 22.7 Å². The number of aromatic nitrogens is 3. The Balaban J connectivity index is 1.44. The number of H-pyrrole nitrogens is 1. The molecule has 3 aromatic rings. The van der Waals surface area contributed by atoms with E-state index in [4.69, 9.17) is 0 Å². The number of benzene rings is 2. The predicted octanol–water partition coefficient (Wildman–Crippen LogP) is 2.24. The first kappa shape index (κ1) is 15.5. The van der Waals surface area contributed by atoms with Crippen molar-refractivity contribution in [2.24, 2.45) is 0 Å². The number of anilines is 1. The van der Waals surface area contributed by atoms with Gasteiger partial charge in [0, 0.05) is 30.8 Å². The van der Waals surface area contributed by atoms with Gasteiger partial charge in [0.05, 0.1) is 5.69 Å². The zero-order valence-electron chi connectivity index (χ0n) is 13.2. The number of hydrogen-bond acceptors (Lipinski definition) is 4. The molecule has 4 rings (SSSR count). The third kappa shape index (κ3) is 3.02. The van der Waals surface area contributed by atoms with Crippen LogP contribution in [0.5, 0.6) is 0 Å². The van der Waals surface area contributed by atoms with Crippen LogP contribution >= 0.6 is 0 Å². The van der Waals surface area contributed by atoms with Crippen molar-refractivity contribution in [3.63, 3.8) is 0 Å². The molecule has 1 saturated heterocycles. The number of fused-ring (bicyclic) bond motifs is 1. The highest BCUT2D eigenvalue weighted by atomic mass is 19.1. The molecule has 2 heterocycles. The van der Waals surface area contributed by atoms with Gasteiger partial charge in [-0.3, -0.25) is 4.79 Å². The summed E-state index contributed by atoms with van der Waals surface area (Å²) in [4.78, 5) is 14.2. The van der Waals surface area contributed by atoms with Gasteiger partial charge >= 0.3 is 0 Å². The lowest BCUT2D eigenvalue weighted by molar-refractivity contribution is 0.0940. The first-order valence-corrected chi connectivity index (χ1v) is 7.91. The molecule has 0 spiro atoms. The van der Waals surface area contributed by atoms with Crippen LogP contribution in [0.4, 0.5) is 14.5 Å². The molecule has 1 atom stereocenters. The van der Waals surface area contributed by atoms with Gasteiger partial charge in [-0.1, -0.05) is 0 Å². The van der Waals surface area contributed by atoms with Crippen LogP contribution < -0.4 is 10.2 Å². The molecule has 1 fully saturated rings. The minimum atomic E-state index is -0.603. The highest BCUT2D eigenvalue weighted by Gasteiger charge is 2.26. The number of amides is 1. The quantitative estimate of drug-likeness (QED) is 0.765. The van der Waals surface area contributed by atoms with E-state index in [0.29, 0.717) is 41.8 Å². The number of halogens is 2. The van der Waals surface area contributed by atoms with Gasteiger partial charge < -0.3 is 10.2 Å². The molecule has 25 heavy (non-hydrogen) atoms. The standard InChI is InChI=1S/C17H15F2N5O/c18-11-2-4-16(13(19)8-11)24-6-5-12(9-24)20-17(25)10-1-3-14-15(7-10)22-23-21-14/h1-4,7-8,12H,5-6,9H2,(H,20,25)(H,21,22,23)/t12-/m1/s1. The molecule has 128 valence electrons. The second kappa shape index (κ2) is 6.12. The summed E-state index contributed by atoms with van der Waals surface area (Å²) in [6.07, 6.45) is 0.689. The van der Waals surface area contributed by atoms with Crippen molar-refractivity contribution in [1.29, 1.82) is 0 Å². The smallest absolute Gasteiger partial charge is 0.251 e. The maximum Gasteiger partial charge on any atom is 0.251 e. The Labute approximate surface area is 141 Å². The molecule has 6 nitrogen and oxygen atoms in total. The molecule has 1 amide bonds. The average Bonchev–Trinajstić information content (AvgIpc) is 3.23. The van der Waals surface area contributed by atoms with Crippen LogP contribution in [0.25, 0.3) is 11.0 Å². The van der Waals surface area contributed by atoms with Gasteiger partial charge in [0.15, 0.2) is 0 Å². The van der Waals surface area contributed by atoms with Gasteiger partial charge in [0.25, 0.3) is 5.91 Å². The number of carbonyl (C=O) groups excluding carboxylic acids is 1. The van der Waals surface area contributed by atoms with Crippen LogP contribution in [0.3, 0.4) is 0 Å². The third-order valence-corrected chi connectivity index (χ3v) is 4.35. The van der Waals surface area contributed by atoms with Crippen molar-refractivity contribution in [2.45, 2.75) is 12.5 Å². The highest BCUT2D eigenvalue weighted by Crippen LogP contribution is 2.24. The summed E-state index contributed by atoms with van der Waals surface area (Å²) in [5.41, 5.74) is 2.15. The van der Waals surface area contributed by atoms with Crippen LogP contribution in [0.15, 0.2) is 36.4 Å². The molecule has 0 bridgehead atoms. The fourth-order valence-electron chi connectivity index (χ4n) is 3.08. The van der Waals surface area contributed by atoms with E-state index < -0.39 is 11.6 Å². The Bertz CT molecular complexity index is 942. The fourth-order valence-corrected chi connectivity index (χ4v) is 3.08. The van der Waals surface area contributed by atoms with Crippen molar-refractivity contribution in [3.05, 3.63) is 53.6 Å². The number of nitrogens with one attached hydrogen (secondary N) is 2. The van der Waals surface area contributed by atoms with Crippen LogP contribution in [0.2, 0.25) is 0 Å². The summed E-state index contributed by atoms with van der Waals surface area (Å²) < 4.78 is 26.9. The van der Waals surface area contributed by atoms with Crippen molar-refractivity contribution in [3.8, 4) is 0 Å². The van der Waals surface area contributed by atoms with E-state index >= 15 is 0 Å². The van der Waals surface area contributed by atoms with E-state index in [-0.39, 0.29) is 11.9 Å². The van der Waals surface area contributed by atoms with Crippen LogP contribution in [-0.4, -0.2) is 40.4 Å². The van der Waals surface area contributed by atoms with Crippen molar-refractivity contribution in [1.82, 2.24) is 20.7 Å². The summed E-state index contributed by atoms with van der Waals surface area (Å²) >= 11 is 0. The summed E-state index contributed by atoms with van der Waals surface area (Å²) in [7, 11) is 0. The molecular weight excluding hydrogens is 328 g/mol. The first-order valence-electron chi connectivity index (χ1n) is 7.91. The van der Waals surface area contributed by atoms with Crippen LogP contribution in [0, 0.1) is 11.6 Å². The predicted molar refractivity (Wildman–Crippen MR) is 88.3 cm³/mol. The lowest BCUT2D eigenvalue weighted by Gasteiger charge is -2.19. The van der Waals surface area contributed by atoms with Crippen molar-refractivity contribution in [2.75, 3.05) is 18.0 Å². The third-order valence-electron chi connectivity index (χ3n) is 4.35. The molecule has 0 radical (unpaired) electrons. The molecule has 0 unspecified atom stereocenters. The molecule has 1 aromatic heterocycles. The van der Waals surface area contributed by atoms with E-state index in [1.165, 1.54) is 12.1 Å². The summed E-state index contributed by atoms with van der Waals surface area (Å²) in [6, 6.07) is 8.50. The van der Waals surface area contributed by atoms with E-state index in [9.17, 15) is 13.6 Å². The second-order valence-electron chi connectivity index (χ2n) is 6.03.